The number of hydrogen-bond donors (Lipinski definition) is 3. The summed E-state index contributed by atoms with van der Waals surface area (Å²) in [5.74, 6) is 0.985. The van der Waals surface area contributed by atoms with E-state index in [1.165, 1.54) is 31.7 Å². The molecule has 12 heteroatoms. The molecule has 0 amide bonds. The maximum Gasteiger partial charge on any atom is 0.256 e. The first-order valence-corrected chi connectivity index (χ1v) is 12.3. The molecule has 0 spiro atoms. The zero-order valence-electron chi connectivity index (χ0n) is 19.3. The van der Waals surface area contributed by atoms with Crippen LogP contribution in [0.3, 0.4) is 0 Å². The molecule has 0 radical (unpaired) electrons. The fourth-order valence-electron chi connectivity index (χ4n) is 3.14. The summed E-state index contributed by atoms with van der Waals surface area (Å²) in [5.41, 5.74) is 0.698. The van der Waals surface area contributed by atoms with E-state index in [4.69, 9.17) is 0 Å². The van der Waals surface area contributed by atoms with Crippen LogP contribution in [-0.4, -0.2) is 60.3 Å². The van der Waals surface area contributed by atoms with Gasteiger partial charge in [-0.2, -0.15) is 9.19 Å². The fraction of sp³-hybridized carbons (Fsp3) is 0.409. The van der Waals surface area contributed by atoms with Gasteiger partial charge in [-0.05, 0) is 46.6 Å². The molecule has 34 heavy (non-hydrogen) atoms. The van der Waals surface area contributed by atoms with E-state index in [0.29, 0.717) is 47.1 Å². The van der Waals surface area contributed by atoms with Crippen LogP contribution < -0.4 is 10.6 Å². The molecule has 0 saturated heterocycles. The Morgan fingerprint density at radius 1 is 1.24 bits per heavy atom. The maximum absolute atomic E-state index is 12.4. The van der Waals surface area contributed by atoms with Crippen LogP contribution >= 0.6 is 0 Å². The number of anilines is 3. The van der Waals surface area contributed by atoms with Crippen molar-refractivity contribution in [1.82, 2.24) is 24.1 Å². The summed E-state index contributed by atoms with van der Waals surface area (Å²) in [6, 6.07) is 3.31. The molecule has 1 unspecified atom stereocenters. The molecular formula is C22H27N7O4S. The van der Waals surface area contributed by atoms with E-state index in [0.717, 1.165) is 4.09 Å². The predicted molar refractivity (Wildman–Crippen MR) is 127 cm³/mol. The molecule has 3 heterocycles. The van der Waals surface area contributed by atoms with Gasteiger partial charge in [-0.3, -0.25) is 4.79 Å². The molecule has 3 N–H and O–H groups in total. The summed E-state index contributed by atoms with van der Waals surface area (Å²) in [7, 11) is -3.48. The van der Waals surface area contributed by atoms with Crippen molar-refractivity contribution in [2.75, 3.05) is 10.6 Å². The van der Waals surface area contributed by atoms with Gasteiger partial charge in [0.1, 0.15) is 11.6 Å². The van der Waals surface area contributed by atoms with Gasteiger partial charge in [0.15, 0.2) is 11.6 Å². The van der Waals surface area contributed by atoms with Crippen molar-refractivity contribution in [3.63, 3.8) is 0 Å². The van der Waals surface area contributed by atoms with Crippen molar-refractivity contribution >= 4 is 33.1 Å². The Balaban J connectivity index is 1.59. The third-order valence-corrected chi connectivity index (χ3v) is 7.76. The second kappa shape index (κ2) is 8.76. The van der Waals surface area contributed by atoms with Crippen LogP contribution in [0.15, 0.2) is 36.9 Å². The van der Waals surface area contributed by atoms with Crippen molar-refractivity contribution in [1.29, 1.82) is 0 Å². The Labute approximate surface area is 197 Å². The zero-order chi connectivity index (χ0) is 24.7. The lowest BCUT2D eigenvalue weighted by molar-refractivity contribution is 0.101. The SMILES string of the molecule is CC(=O)c1cnc(Nc2ccnc(-c3cnn(S(=O)(=O)C4CC4)c3)n2)cc1NC(C)(C)C(C)O. The highest BCUT2D eigenvalue weighted by Crippen LogP contribution is 2.30. The molecular weight excluding hydrogens is 458 g/mol. The smallest absolute Gasteiger partial charge is 0.256 e. The largest absolute Gasteiger partial charge is 0.391 e. The number of hydrogen-bond acceptors (Lipinski definition) is 10. The van der Waals surface area contributed by atoms with Gasteiger partial charge in [0.2, 0.25) is 0 Å². The Morgan fingerprint density at radius 2 is 1.97 bits per heavy atom. The van der Waals surface area contributed by atoms with E-state index in [1.807, 2.05) is 13.8 Å². The van der Waals surface area contributed by atoms with Gasteiger partial charge in [-0.15, -0.1) is 0 Å². The minimum atomic E-state index is -3.48. The van der Waals surface area contributed by atoms with Gasteiger partial charge in [-0.25, -0.2) is 23.4 Å². The van der Waals surface area contributed by atoms with Crippen LogP contribution in [-0.2, 0) is 10.0 Å². The van der Waals surface area contributed by atoms with Gasteiger partial charge >= 0.3 is 0 Å². The van der Waals surface area contributed by atoms with Crippen LogP contribution in [0.5, 0.6) is 0 Å². The first-order chi connectivity index (χ1) is 16.0. The van der Waals surface area contributed by atoms with Gasteiger partial charge in [-0.1, -0.05) is 0 Å². The molecule has 0 bridgehead atoms. The van der Waals surface area contributed by atoms with Crippen molar-refractivity contribution in [3.8, 4) is 11.4 Å². The van der Waals surface area contributed by atoms with Crippen LogP contribution in [0.1, 0.15) is 50.9 Å². The van der Waals surface area contributed by atoms with Crippen molar-refractivity contribution in [2.45, 2.75) is 57.4 Å². The Hall–Kier alpha value is -3.38. The van der Waals surface area contributed by atoms with E-state index < -0.39 is 21.7 Å². The number of Topliss-reactive ketones (excluding diaryl/α,β-unsaturated/α-hetero) is 1. The van der Waals surface area contributed by atoms with E-state index in [-0.39, 0.29) is 11.0 Å². The van der Waals surface area contributed by atoms with Gasteiger partial charge in [0, 0.05) is 18.5 Å². The van der Waals surface area contributed by atoms with Gasteiger partial charge < -0.3 is 15.7 Å². The number of rotatable bonds is 9. The number of pyridine rings is 1. The first kappa shape index (κ1) is 23.8. The fourth-order valence-corrected chi connectivity index (χ4v) is 4.61. The van der Waals surface area contributed by atoms with Gasteiger partial charge in [0.25, 0.3) is 10.0 Å². The molecule has 0 aromatic carbocycles. The molecule has 1 atom stereocenters. The molecule has 3 aromatic heterocycles. The minimum absolute atomic E-state index is 0.162. The first-order valence-electron chi connectivity index (χ1n) is 10.8. The van der Waals surface area contributed by atoms with Crippen LogP contribution in [0, 0.1) is 0 Å². The standard InChI is InChI=1S/C22H27N7O4S/c1-13(30)17-11-24-20(9-18(17)28-22(3,4)14(2)31)26-19-7-8-23-21(27-19)15-10-25-29(12-15)34(32,33)16-5-6-16/h7-12,14,16,31H,5-6H2,1-4H3,(H2,23,24,26,27,28). The topological polar surface area (TPSA) is 152 Å². The Morgan fingerprint density at radius 3 is 2.62 bits per heavy atom. The zero-order valence-corrected chi connectivity index (χ0v) is 20.2. The third-order valence-electron chi connectivity index (χ3n) is 5.72. The number of ketones is 1. The molecule has 180 valence electrons. The minimum Gasteiger partial charge on any atom is -0.391 e. The van der Waals surface area contributed by atoms with Crippen molar-refractivity contribution in [3.05, 3.63) is 42.5 Å². The summed E-state index contributed by atoms with van der Waals surface area (Å²) in [6.07, 6.45) is 6.44. The number of aliphatic hydroxyl groups excluding tert-OH is 1. The highest BCUT2D eigenvalue weighted by atomic mass is 32.2. The maximum atomic E-state index is 12.4. The van der Waals surface area contributed by atoms with Crippen LogP contribution in [0.25, 0.3) is 11.4 Å². The number of aromatic nitrogens is 5. The number of carbonyl (C=O) groups excluding carboxylic acids is 1. The highest BCUT2D eigenvalue weighted by molar-refractivity contribution is 7.90. The summed E-state index contributed by atoms with van der Waals surface area (Å²) in [4.78, 5) is 25.1. The van der Waals surface area contributed by atoms with E-state index in [9.17, 15) is 18.3 Å². The quantitative estimate of drug-likeness (QED) is 0.386. The molecule has 11 nitrogen and oxygen atoms in total. The number of nitrogens with one attached hydrogen (secondary N) is 2. The summed E-state index contributed by atoms with van der Waals surface area (Å²) >= 11 is 0. The van der Waals surface area contributed by atoms with Crippen LogP contribution in [0.4, 0.5) is 17.3 Å². The summed E-state index contributed by atoms with van der Waals surface area (Å²) in [6.45, 7) is 6.77. The summed E-state index contributed by atoms with van der Waals surface area (Å²) < 4.78 is 25.8. The molecule has 1 aliphatic carbocycles. The molecule has 3 aromatic rings. The average Bonchev–Trinajstić information content (AvgIpc) is 3.51. The van der Waals surface area contributed by atoms with Gasteiger partial charge in [0.05, 0.1) is 46.1 Å². The lowest BCUT2D eigenvalue weighted by Gasteiger charge is -2.31. The second-order valence-electron chi connectivity index (χ2n) is 8.93. The molecule has 1 aliphatic rings. The molecule has 1 saturated carbocycles. The monoisotopic (exact) mass is 485 g/mol. The molecule has 1 fully saturated rings. The second-order valence-corrected chi connectivity index (χ2v) is 11.0. The lowest BCUT2D eigenvalue weighted by atomic mass is 9.97. The average molecular weight is 486 g/mol. The number of nitrogens with zero attached hydrogens (tertiary/aromatic N) is 5. The molecule has 4 rings (SSSR count). The van der Waals surface area contributed by atoms with Crippen molar-refractivity contribution < 1.29 is 18.3 Å². The lowest BCUT2D eigenvalue weighted by Crippen LogP contribution is -2.42. The van der Waals surface area contributed by atoms with E-state index in [1.54, 1.807) is 19.1 Å². The van der Waals surface area contributed by atoms with Crippen LogP contribution in [0.2, 0.25) is 0 Å². The van der Waals surface area contributed by atoms with E-state index >= 15 is 0 Å². The third kappa shape index (κ3) is 4.92. The van der Waals surface area contributed by atoms with E-state index in [2.05, 4.69) is 30.7 Å². The summed E-state index contributed by atoms with van der Waals surface area (Å²) in [5, 5.41) is 20.0. The Bertz CT molecular complexity index is 1330. The number of aliphatic hydroxyl groups is 1. The highest BCUT2D eigenvalue weighted by Gasteiger charge is 2.37. The molecule has 0 aliphatic heterocycles. The normalized spacial score (nSPS) is 15.1. The Kier molecular flexibility index (Phi) is 6.13. The predicted octanol–water partition coefficient (Wildman–Crippen LogP) is 2.59. The number of carbonyl (C=O) groups is 1. The van der Waals surface area contributed by atoms with Crippen molar-refractivity contribution in [2.24, 2.45) is 0 Å².